The first-order valence-corrected chi connectivity index (χ1v) is 8.18. The lowest BCUT2D eigenvalue weighted by molar-refractivity contribution is 0.0741. The fraction of sp³-hybridized carbons (Fsp3) is 0.500. The van der Waals surface area contributed by atoms with Gasteiger partial charge in [0.05, 0.1) is 0 Å². The second kappa shape index (κ2) is 7.19. The predicted octanol–water partition coefficient (Wildman–Crippen LogP) is 3.97. The average molecular weight is 330 g/mol. The number of rotatable bonds is 5. The highest BCUT2D eigenvalue weighted by atomic mass is 79.9. The number of thioether (sulfide) groups is 1. The Kier molecular flexibility index (Phi) is 6.22. The first-order valence-electron chi connectivity index (χ1n) is 5.99. The van der Waals surface area contributed by atoms with Crippen LogP contribution < -0.4 is 0 Å². The molecule has 0 radical (unpaired) electrons. The Morgan fingerprint density at radius 1 is 1.50 bits per heavy atom. The largest absolute Gasteiger partial charge is 0.339 e. The summed E-state index contributed by atoms with van der Waals surface area (Å²) in [5.74, 6) is 1.18. The molecule has 1 aromatic carbocycles. The molecule has 1 amide bonds. The van der Waals surface area contributed by atoms with Gasteiger partial charge in [-0.05, 0) is 56.0 Å². The van der Waals surface area contributed by atoms with E-state index in [1.807, 2.05) is 48.8 Å². The van der Waals surface area contributed by atoms with Gasteiger partial charge in [-0.2, -0.15) is 11.8 Å². The van der Waals surface area contributed by atoms with E-state index in [2.05, 4.69) is 29.1 Å². The van der Waals surface area contributed by atoms with Gasteiger partial charge in [0.25, 0.3) is 5.91 Å². The standard InChI is InChI=1S/C14H20BrNOS/c1-10-9-12(5-6-13(10)15)14(17)16(3)11(2)7-8-18-4/h5-6,9,11H,7-8H2,1-4H3. The maximum absolute atomic E-state index is 12.3. The van der Waals surface area contributed by atoms with E-state index in [1.54, 1.807) is 0 Å². The normalized spacial score (nSPS) is 12.3. The van der Waals surface area contributed by atoms with E-state index in [4.69, 9.17) is 0 Å². The molecule has 0 saturated carbocycles. The molecule has 1 atom stereocenters. The number of hydrogen-bond acceptors (Lipinski definition) is 2. The van der Waals surface area contributed by atoms with Crippen molar-refractivity contribution in [2.45, 2.75) is 26.3 Å². The molecule has 1 aromatic rings. The molecule has 0 aliphatic rings. The Bertz CT molecular complexity index is 422. The summed E-state index contributed by atoms with van der Waals surface area (Å²) in [7, 11) is 1.88. The molecule has 4 heteroatoms. The minimum atomic E-state index is 0.0965. The van der Waals surface area contributed by atoms with Crippen molar-refractivity contribution in [1.29, 1.82) is 0 Å². The summed E-state index contributed by atoms with van der Waals surface area (Å²) in [6.07, 6.45) is 3.12. The van der Waals surface area contributed by atoms with Gasteiger partial charge in [-0.25, -0.2) is 0 Å². The highest BCUT2D eigenvalue weighted by Gasteiger charge is 2.17. The third kappa shape index (κ3) is 4.02. The van der Waals surface area contributed by atoms with Crippen molar-refractivity contribution in [3.8, 4) is 0 Å². The third-order valence-corrected chi connectivity index (χ3v) is 4.66. The summed E-state index contributed by atoms with van der Waals surface area (Å²) in [4.78, 5) is 14.1. The zero-order valence-corrected chi connectivity index (χ0v) is 13.8. The fourth-order valence-electron chi connectivity index (χ4n) is 1.66. The number of nitrogens with zero attached hydrogens (tertiary/aromatic N) is 1. The molecule has 0 saturated heterocycles. The number of aryl methyl sites for hydroxylation is 1. The van der Waals surface area contributed by atoms with E-state index in [1.165, 1.54) is 0 Å². The van der Waals surface area contributed by atoms with E-state index in [0.717, 1.165) is 27.8 Å². The zero-order valence-electron chi connectivity index (χ0n) is 11.4. The van der Waals surface area contributed by atoms with Crippen molar-refractivity contribution < 1.29 is 4.79 Å². The van der Waals surface area contributed by atoms with E-state index in [9.17, 15) is 4.79 Å². The number of halogens is 1. The van der Waals surface area contributed by atoms with Gasteiger partial charge in [0, 0.05) is 23.1 Å². The second-order valence-corrected chi connectivity index (χ2v) is 6.35. The van der Waals surface area contributed by atoms with Crippen LogP contribution in [-0.2, 0) is 0 Å². The second-order valence-electron chi connectivity index (χ2n) is 4.51. The van der Waals surface area contributed by atoms with Crippen LogP contribution in [0.4, 0.5) is 0 Å². The molecule has 0 aliphatic carbocycles. The van der Waals surface area contributed by atoms with Gasteiger partial charge in [-0.1, -0.05) is 15.9 Å². The van der Waals surface area contributed by atoms with Crippen molar-refractivity contribution >= 4 is 33.6 Å². The van der Waals surface area contributed by atoms with Gasteiger partial charge in [0.2, 0.25) is 0 Å². The van der Waals surface area contributed by atoms with Gasteiger partial charge in [0.1, 0.15) is 0 Å². The van der Waals surface area contributed by atoms with Crippen molar-refractivity contribution in [2.24, 2.45) is 0 Å². The molecule has 0 spiro atoms. The smallest absolute Gasteiger partial charge is 0.253 e. The number of benzene rings is 1. The Morgan fingerprint density at radius 3 is 2.72 bits per heavy atom. The molecule has 100 valence electrons. The van der Waals surface area contributed by atoms with Crippen LogP contribution in [0.15, 0.2) is 22.7 Å². The average Bonchev–Trinajstić information content (AvgIpc) is 2.37. The molecule has 0 bridgehead atoms. The highest BCUT2D eigenvalue weighted by Crippen LogP contribution is 2.19. The van der Waals surface area contributed by atoms with Crippen LogP contribution in [0.5, 0.6) is 0 Å². The first kappa shape index (κ1) is 15.6. The molecular weight excluding hydrogens is 310 g/mol. The summed E-state index contributed by atoms with van der Waals surface area (Å²) >= 11 is 5.27. The molecular formula is C14H20BrNOS. The van der Waals surface area contributed by atoms with E-state index in [0.29, 0.717) is 0 Å². The van der Waals surface area contributed by atoms with Crippen LogP contribution >= 0.6 is 27.7 Å². The van der Waals surface area contributed by atoms with Crippen LogP contribution in [0.25, 0.3) is 0 Å². The van der Waals surface area contributed by atoms with Crippen molar-refractivity contribution in [2.75, 3.05) is 19.1 Å². The van der Waals surface area contributed by atoms with Crippen LogP contribution in [-0.4, -0.2) is 35.9 Å². The Morgan fingerprint density at radius 2 is 2.17 bits per heavy atom. The third-order valence-electron chi connectivity index (χ3n) is 3.13. The Hall–Kier alpha value is -0.480. The van der Waals surface area contributed by atoms with E-state index < -0.39 is 0 Å². The molecule has 1 unspecified atom stereocenters. The molecule has 1 rings (SSSR count). The van der Waals surface area contributed by atoms with Crippen molar-refractivity contribution in [3.63, 3.8) is 0 Å². The monoisotopic (exact) mass is 329 g/mol. The number of carbonyl (C=O) groups excluding carboxylic acids is 1. The first-order chi connectivity index (χ1) is 8.47. The summed E-state index contributed by atoms with van der Waals surface area (Å²) in [6.45, 7) is 4.10. The molecule has 0 aromatic heterocycles. The minimum Gasteiger partial charge on any atom is -0.339 e. The van der Waals surface area contributed by atoms with E-state index >= 15 is 0 Å². The quantitative estimate of drug-likeness (QED) is 0.814. The summed E-state index contributed by atoms with van der Waals surface area (Å²) in [5, 5.41) is 0. The van der Waals surface area contributed by atoms with Gasteiger partial charge < -0.3 is 4.90 Å². The lowest BCUT2D eigenvalue weighted by atomic mass is 10.1. The zero-order chi connectivity index (χ0) is 13.7. The van der Waals surface area contributed by atoms with Gasteiger partial charge in [-0.15, -0.1) is 0 Å². The van der Waals surface area contributed by atoms with Crippen LogP contribution in [0.1, 0.15) is 29.3 Å². The highest BCUT2D eigenvalue weighted by molar-refractivity contribution is 9.10. The molecule has 0 N–H and O–H groups in total. The van der Waals surface area contributed by atoms with Crippen LogP contribution in [0.3, 0.4) is 0 Å². The number of hydrogen-bond donors (Lipinski definition) is 0. The molecule has 0 aliphatic heterocycles. The summed E-state index contributed by atoms with van der Waals surface area (Å²) in [6, 6.07) is 6.01. The summed E-state index contributed by atoms with van der Waals surface area (Å²) in [5.41, 5.74) is 1.85. The van der Waals surface area contributed by atoms with Crippen molar-refractivity contribution in [3.05, 3.63) is 33.8 Å². The molecule has 2 nitrogen and oxygen atoms in total. The van der Waals surface area contributed by atoms with Gasteiger partial charge in [0.15, 0.2) is 0 Å². The number of carbonyl (C=O) groups is 1. The molecule has 0 heterocycles. The molecule has 0 fully saturated rings. The maximum Gasteiger partial charge on any atom is 0.253 e. The van der Waals surface area contributed by atoms with Gasteiger partial charge in [-0.3, -0.25) is 4.79 Å². The van der Waals surface area contributed by atoms with Crippen molar-refractivity contribution in [1.82, 2.24) is 4.90 Å². The number of amides is 1. The SMILES string of the molecule is CSCCC(C)N(C)C(=O)c1ccc(Br)c(C)c1. The van der Waals surface area contributed by atoms with E-state index in [-0.39, 0.29) is 11.9 Å². The van der Waals surface area contributed by atoms with Gasteiger partial charge >= 0.3 is 0 Å². The van der Waals surface area contributed by atoms with Crippen LogP contribution in [0.2, 0.25) is 0 Å². The summed E-state index contributed by atoms with van der Waals surface area (Å²) < 4.78 is 1.04. The topological polar surface area (TPSA) is 20.3 Å². The van der Waals surface area contributed by atoms with Crippen LogP contribution in [0, 0.1) is 6.92 Å². The fourth-order valence-corrected chi connectivity index (χ4v) is 2.49. The lowest BCUT2D eigenvalue weighted by Gasteiger charge is -2.25. The minimum absolute atomic E-state index is 0.0965. The Labute approximate surface area is 122 Å². The Balaban J connectivity index is 2.76. The predicted molar refractivity (Wildman–Crippen MR) is 83.4 cm³/mol. The molecule has 18 heavy (non-hydrogen) atoms. The maximum atomic E-state index is 12.3. The lowest BCUT2D eigenvalue weighted by Crippen LogP contribution is -2.35.